The lowest BCUT2D eigenvalue weighted by atomic mass is 10.0. The van der Waals surface area contributed by atoms with Crippen molar-refractivity contribution in [3.05, 3.63) is 36.3 Å². The van der Waals surface area contributed by atoms with Crippen LogP contribution in [0.5, 0.6) is 0 Å². The third-order valence-electron chi connectivity index (χ3n) is 4.52. The Morgan fingerprint density at radius 1 is 1.26 bits per heavy atom. The summed E-state index contributed by atoms with van der Waals surface area (Å²) in [5.41, 5.74) is 0. The zero-order valence-electron chi connectivity index (χ0n) is 13.9. The highest BCUT2D eigenvalue weighted by atomic mass is 19.1. The maximum atomic E-state index is 13.5. The summed E-state index contributed by atoms with van der Waals surface area (Å²) >= 11 is 0. The second-order valence-corrected chi connectivity index (χ2v) is 6.59. The van der Waals surface area contributed by atoms with Crippen molar-refractivity contribution >= 4 is 16.6 Å². The quantitative estimate of drug-likeness (QED) is 0.919. The summed E-state index contributed by atoms with van der Waals surface area (Å²) in [6.07, 6.45) is 3.98. The van der Waals surface area contributed by atoms with E-state index in [1.807, 2.05) is 6.07 Å². The number of fused-ring (bicyclic) bond motifs is 1. The number of rotatable bonds is 5. The number of halogens is 1. The predicted molar refractivity (Wildman–Crippen MR) is 93.3 cm³/mol. The van der Waals surface area contributed by atoms with Crippen LogP contribution in [-0.4, -0.2) is 61.1 Å². The molecule has 5 heteroatoms. The van der Waals surface area contributed by atoms with E-state index >= 15 is 0 Å². The van der Waals surface area contributed by atoms with E-state index < -0.39 is 0 Å². The van der Waals surface area contributed by atoms with Crippen LogP contribution in [0, 0.1) is 5.82 Å². The molecule has 1 fully saturated rings. The monoisotopic (exact) mass is 316 g/mol. The molecule has 1 aromatic heterocycles. The number of benzene rings is 1. The van der Waals surface area contributed by atoms with E-state index in [9.17, 15) is 4.39 Å². The third-order valence-corrected chi connectivity index (χ3v) is 4.52. The SMILES string of the molecule is CN(C)CCN1CCC(Nc2nccc3ccc(F)cc23)CC1. The fraction of sp³-hybridized carbons (Fsp3) is 0.500. The van der Waals surface area contributed by atoms with E-state index in [2.05, 4.69) is 34.2 Å². The van der Waals surface area contributed by atoms with Gasteiger partial charge in [-0.1, -0.05) is 6.07 Å². The van der Waals surface area contributed by atoms with Crippen molar-refractivity contribution in [2.24, 2.45) is 0 Å². The molecular formula is C18H25FN4. The van der Waals surface area contributed by atoms with E-state index in [1.54, 1.807) is 18.3 Å². The molecule has 0 amide bonds. The summed E-state index contributed by atoms with van der Waals surface area (Å²) in [5, 5.41) is 5.41. The molecule has 0 spiro atoms. The van der Waals surface area contributed by atoms with Gasteiger partial charge in [-0.25, -0.2) is 9.37 Å². The highest BCUT2D eigenvalue weighted by Crippen LogP contribution is 2.24. The highest BCUT2D eigenvalue weighted by molar-refractivity contribution is 5.91. The van der Waals surface area contributed by atoms with Gasteiger partial charge in [0.15, 0.2) is 0 Å². The average molecular weight is 316 g/mol. The molecule has 2 heterocycles. The minimum absolute atomic E-state index is 0.216. The van der Waals surface area contributed by atoms with Crippen molar-refractivity contribution in [1.29, 1.82) is 0 Å². The molecule has 1 N–H and O–H groups in total. The predicted octanol–water partition coefficient (Wildman–Crippen LogP) is 2.81. The van der Waals surface area contributed by atoms with Crippen LogP contribution in [0.15, 0.2) is 30.5 Å². The summed E-state index contributed by atoms with van der Waals surface area (Å²) in [4.78, 5) is 9.15. The molecule has 0 aliphatic carbocycles. The van der Waals surface area contributed by atoms with Crippen LogP contribution in [0.25, 0.3) is 10.8 Å². The molecule has 3 rings (SSSR count). The van der Waals surface area contributed by atoms with Gasteiger partial charge in [-0.3, -0.25) is 0 Å². The number of pyridine rings is 1. The van der Waals surface area contributed by atoms with Gasteiger partial charge in [0.05, 0.1) is 0 Å². The van der Waals surface area contributed by atoms with Crippen molar-refractivity contribution in [1.82, 2.24) is 14.8 Å². The Kier molecular flexibility index (Phi) is 5.08. The van der Waals surface area contributed by atoms with Gasteiger partial charge in [0.2, 0.25) is 0 Å². The first-order valence-corrected chi connectivity index (χ1v) is 8.30. The molecule has 0 unspecified atom stereocenters. The second kappa shape index (κ2) is 7.23. The van der Waals surface area contributed by atoms with Crippen molar-refractivity contribution in [3.63, 3.8) is 0 Å². The van der Waals surface area contributed by atoms with Crippen molar-refractivity contribution in [2.45, 2.75) is 18.9 Å². The number of nitrogens with one attached hydrogen (secondary N) is 1. The minimum atomic E-state index is -0.216. The lowest BCUT2D eigenvalue weighted by Gasteiger charge is -2.33. The molecule has 0 saturated carbocycles. The Hall–Kier alpha value is -1.72. The number of aromatic nitrogens is 1. The third kappa shape index (κ3) is 4.18. The molecular weight excluding hydrogens is 291 g/mol. The molecule has 23 heavy (non-hydrogen) atoms. The fourth-order valence-corrected chi connectivity index (χ4v) is 3.09. The molecule has 0 bridgehead atoms. The number of likely N-dealkylation sites (tertiary alicyclic amines) is 1. The van der Waals surface area contributed by atoms with E-state index in [4.69, 9.17) is 0 Å². The lowest BCUT2D eigenvalue weighted by molar-refractivity contribution is 0.199. The summed E-state index contributed by atoms with van der Waals surface area (Å²) in [6, 6.07) is 7.20. The number of anilines is 1. The van der Waals surface area contributed by atoms with Crippen molar-refractivity contribution in [3.8, 4) is 0 Å². The van der Waals surface area contributed by atoms with Crippen LogP contribution in [0.1, 0.15) is 12.8 Å². The maximum absolute atomic E-state index is 13.5. The van der Waals surface area contributed by atoms with Gasteiger partial charge < -0.3 is 15.1 Å². The van der Waals surface area contributed by atoms with Gasteiger partial charge in [-0.2, -0.15) is 0 Å². The van der Waals surface area contributed by atoms with Crippen molar-refractivity contribution < 1.29 is 4.39 Å². The van der Waals surface area contributed by atoms with E-state index in [-0.39, 0.29) is 5.82 Å². The van der Waals surface area contributed by atoms with Gasteiger partial charge in [-0.05, 0) is 50.5 Å². The molecule has 2 aromatic rings. The number of nitrogens with zero attached hydrogens (tertiary/aromatic N) is 3. The second-order valence-electron chi connectivity index (χ2n) is 6.59. The number of hydrogen-bond acceptors (Lipinski definition) is 4. The Morgan fingerprint density at radius 3 is 2.78 bits per heavy atom. The van der Waals surface area contributed by atoms with Gasteiger partial charge >= 0.3 is 0 Å². The van der Waals surface area contributed by atoms with Gasteiger partial charge in [0.25, 0.3) is 0 Å². The van der Waals surface area contributed by atoms with Gasteiger partial charge in [0.1, 0.15) is 11.6 Å². The zero-order valence-corrected chi connectivity index (χ0v) is 13.9. The highest BCUT2D eigenvalue weighted by Gasteiger charge is 2.19. The van der Waals surface area contributed by atoms with Crippen LogP contribution in [-0.2, 0) is 0 Å². The van der Waals surface area contributed by atoms with Gasteiger partial charge in [0, 0.05) is 43.8 Å². The van der Waals surface area contributed by atoms with Crippen molar-refractivity contribution in [2.75, 3.05) is 45.6 Å². The molecule has 1 aromatic carbocycles. The molecule has 1 aliphatic rings. The first-order valence-electron chi connectivity index (χ1n) is 8.30. The maximum Gasteiger partial charge on any atom is 0.134 e. The summed E-state index contributed by atoms with van der Waals surface area (Å²) < 4.78 is 13.5. The van der Waals surface area contributed by atoms with Crippen LogP contribution < -0.4 is 5.32 Å². The first kappa shape index (κ1) is 16.1. The number of piperidine rings is 1. The van der Waals surface area contributed by atoms with Gasteiger partial charge in [-0.15, -0.1) is 0 Å². The lowest BCUT2D eigenvalue weighted by Crippen LogP contribution is -2.41. The normalized spacial score (nSPS) is 17.0. The molecule has 4 nitrogen and oxygen atoms in total. The van der Waals surface area contributed by atoms with Crippen LogP contribution in [0.3, 0.4) is 0 Å². The summed E-state index contributed by atoms with van der Waals surface area (Å²) in [7, 11) is 4.22. The summed E-state index contributed by atoms with van der Waals surface area (Å²) in [5.74, 6) is 0.584. The fourth-order valence-electron chi connectivity index (χ4n) is 3.09. The Balaban J connectivity index is 1.62. The molecule has 0 atom stereocenters. The van der Waals surface area contributed by atoms with E-state index in [0.29, 0.717) is 6.04 Å². The topological polar surface area (TPSA) is 31.4 Å². The minimum Gasteiger partial charge on any atom is -0.367 e. The number of hydrogen-bond donors (Lipinski definition) is 1. The largest absolute Gasteiger partial charge is 0.367 e. The van der Waals surface area contributed by atoms with Crippen LogP contribution in [0.2, 0.25) is 0 Å². The smallest absolute Gasteiger partial charge is 0.134 e. The first-order chi connectivity index (χ1) is 11.1. The average Bonchev–Trinajstić information content (AvgIpc) is 2.55. The Labute approximate surface area is 137 Å². The number of likely N-dealkylation sites (N-methyl/N-ethyl adjacent to an activating group) is 1. The standard InChI is InChI=1S/C18H25FN4/c1-22(2)11-12-23-9-6-16(7-10-23)21-18-17-13-15(19)4-3-14(17)5-8-20-18/h3-5,8,13,16H,6-7,9-12H2,1-2H3,(H,20,21). The Morgan fingerprint density at radius 2 is 2.04 bits per heavy atom. The summed E-state index contributed by atoms with van der Waals surface area (Å²) in [6.45, 7) is 4.43. The van der Waals surface area contributed by atoms with E-state index in [0.717, 1.165) is 55.6 Å². The molecule has 1 saturated heterocycles. The molecule has 0 radical (unpaired) electrons. The molecule has 1 aliphatic heterocycles. The Bertz CT molecular complexity index is 651. The van der Waals surface area contributed by atoms with E-state index in [1.165, 1.54) is 6.07 Å². The zero-order chi connectivity index (χ0) is 16.2. The van der Waals surface area contributed by atoms with Crippen LogP contribution >= 0.6 is 0 Å². The van der Waals surface area contributed by atoms with Crippen LogP contribution in [0.4, 0.5) is 10.2 Å². The molecule has 124 valence electrons.